The Morgan fingerprint density at radius 1 is 1.31 bits per heavy atom. The summed E-state index contributed by atoms with van der Waals surface area (Å²) in [4.78, 5) is 13.5. The first kappa shape index (κ1) is 13.3. The van der Waals surface area contributed by atoms with Crippen LogP contribution in [0.1, 0.15) is 44.9 Å². The molecule has 0 N–H and O–H groups in total. The molecule has 0 aromatic heterocycles. The molecule has 0 aromatic rings. The van der Waals surface area contributed by atoms with Crippen LogP contribution in [0.15, 0.2) is 0 Å². The fraction of sp³-hybridized carbons (Fsp3) is 0.833. The summed E-state index contributed by atoms with van der Waals surface area (Å²) in [5.41, 5.74) is 0. The molecule has 1 aliphatic carbocycles. The van der Waals surface area contributed by atoms with Crippen molar-refractivity contribution in [3.63, 3.8) is 0 Å². The Hall–Kier alpha value is -0.750. The molecule has 0 unspecified atom stereocenters. The molecule has 0 aliphatic heterocycles. The summed E-state index contributed by atoms with van der Waals surface area (Å²) in [6.45, 7) is 0.534. The van der Waals surface area contributed by atoms with Crippen molar-refractivity contribution in [2.45, 2.75) is 51.0 Å². The third-order valence-corrected chi connectivity index (χ3v) is 3.39. The Balaban J connectivity index is 2.58. The molecule has 0 radical (unpaired) electrons. The van der Waals surface area contributed by atoms with E-state index in [0.717, 1.165) is 12.8 Å². The van der Waals surface area contributed by atoms with E-state index in [2.05, 4.69) is 6.07 Å². The molecule has 0 saturated heterocycles. The van der Waals surface area contributed by atoms with Crippen molar-refractivity contribution in [1.82, 2.24) is 4.90 Å². The van der Waals surface area contributed by atoms with Gasteiger partial charge in [-0.05, 0) is 12.8 Å². The van der Waals surface area contributed by atoms with E-state index < -0.39 is 0 Å². The van der Waals surface area contributed by atoms with Gasteiger partial charge in [0.2, 0.25) is 5.91 Å². The Kier molecular flexibility index (Phi) is 6.25. The summed E-state index contributed by atoms with van der Waals surface area (Å²) in [7, 11) is 0. The van der Waals surface area contributed by atoms with E-state index in [0.29, 0.717) is 19.0 Å². The zero-order chi connectivity index (χ0) is 11.8. The predicted molar refractivity (Wildman–Crippen MR) is 64.2 cm³/mol. The minimum atomic E-state index is -0.0242. The van der Waals surface area contributed by atoms with Gasteiger partial charge in [-0.1, -0.05) is 25.7 Å². The van der Waals surface area contributed by atoms with Gasteiger partial charge in [-0.25, -0.2) is 0 Å². The Labute approximate surface area is 102 Å². The molecule has 1 fully saturated rings. The van der Waals surface area contributed by atoms with Crippen molar-refractivity contribution >= 4 is 17.5 Å². The van der Waals surface area contributed by atoms with E-state index in [9.17, 15) is 4.79 Å². The summed E-state index contributed by atoms with van der Waals surface area (Å²) in [5.74, 6) is 0.00545. The van der Waals surface area contributed by atoms with Crippen molar-refractivity contribution in [1.29, 1.82) is 5.26 Å². The molecule has 1 rings (SSSR count). The lowest BCUT2D eigenvalue weighted by atomic mass is 10.1. The molecule has 0 bridgehead atoms. The van der Waals surface area contributed by atoms with Gasteiger partial charge >= 0.3 is 0 Å². The lowest BCUT2D eigenvalue weighted by Gasteiger charge is -2.30. The summed E-state index contributed by atoms with van der Waals surface area (Å²) in [5, 5.41) is 8.60. The van der Waals surface area contributed by atoms with Gasteiger partial charge in [-0.3, -0.25) is 4.79 Å². The van der Waals surface area contributed by atoms with Crippen molar-refractivity contribution in [2.24, 2.45) is 0 Å². The first-order valence-corrected chi connectivity index (χ1v) is 6.55. The van der Waals surface area contributed by atoms with Crippen LogP contribution < -0.4 is 0 Å². The lowest BCUT2D eigenvalue weighted by molar-refractivity contribution is -0.131. The van der Waals surface area contributed by atoms with Gasteiger partial charge in [-0.2, -0.15) is 5.26 Å². The molecule has 1 saturated carbocycles. The van der Waals surface area contributed by atoms with Crippen LogP contribution in [0.25, 0.3) is 0 Å². The minimum absolute atomic E-state index is 0.0242. The van der Waals surface area contributed by atoms with Crippen LogP contribution >= 0.6 is 11.6 Å². The third-order valence-electron chi connectivity index (χ3n) is 3.16. The maximum Gasteiger partial charge on any atom is 0.237 e. The molecule has 3 nitrogen and oxygen atoms in total. The van der Waals surface area contributed by atoms with E-state index in [1.165, 1.54) is 25.7 Å². The van der Waals surface area contributed by atoms with E-state index in [4.69, 9.17) is 16.9 Å². The maximum atomic E-state index is 11.7. The Morgan fingerprint density at radius 3 is 2.44 bits per heavy atom. The van der Waals surface area contributed by atoms with Crippen molar-refractivity contribution in [2.75, 3.05) is 12.4 Å². The molecular weight excluding hydrogens is 224 g/mol. The minimum Gasteiger partial charge on any atom is -0.338 e. The van der Waals surface area contributed by atoms with Gasteiger partial charge in [0, 0.05) is 12.6 Å². The highest BCUT2D eigenvalue weighted by Gasteiger charge is 2.23. The molecule has 4 heteroatoms. The van der Waals surface area contributed by atoms with Crippen LogP contribution in [0.5, 0.6) is 0 Å². The quantitative estimate of drug-likeness (QED) is 0.562. The Bertz CT molecular complexity index is 254. The third kappa shape index (κ3) is 4.02. The van der Waals surface area contributed by atoms with Gasteiger partial charge < -0.3 is 4.90 Å². The number of carbonyl (C=O) groups is 1. The molecule has 16 heavy (non-hydrogen) atoms. The van der Waals surface area contributed by atoms with Gasteiger partial charge in [0.1, 0.15) is 5.88 Å². The summed E-state index contributed by atoms with van der Waals surface area (Å²) < 4.78 is 0. The van der Waals surface area contributed by atoms with Gasteiger partial charge in [-0.15, -0.1) is 11.6 Å². The molecule has 90 valence electrons. The molecule has 0 spiro atoms. The van der Waals surface area contributed by atoms with Crippen LogP contribution in [-0.4, -0.2) is 29.3 Å². The van der Waals surface area contributed by atoms with Crippen LogP contribution in [0, 0.1) is 11.3 Å². The first-order valence-electron chi connectivity index (χ1n) is 6.02. The first-order chi connectivity index (χ1) is 7.79. The fourth-order valence-corrected chi connectivity index (χ4v) is 2.48. The number of nitriles is 1. The van der Waals surface area contributed by atoms with E-state index in [1.54, 1.807) is 0 Å². The predicted octanol–water partition coefficient (Wildman–Crippen LogP) is 2.69. The van der Waals surface area contributed by atoms with Crippen molar-refractivity contribution in [3.05, 3.63) is 0 Å². The number of alkyl halides is 1. The number of amides is 1. The average Bonchev–Trinajstić information content (AvgIpc) is 2.58. The molecule has 1 aliphatic rings. The number of nitrogens with zero attached hydrogens (tertiary/aromatic N) is 2. The second kappa shape index (κ2) is 7.51. The highest BCUT2D eigenvalue weighted by atomic mass is 35.5. The second-order valence-electron chi connectivity index (χ2n) is 4.27. The SMILES string of the molecule is N#CCCN(C(=O)CCl)C1CCCCCC1. The molecule has 0 heterocycles. The molecule has 1 amide bonds. The number of halogens is 1. The van der Waals surface area contributed by atoms with E-state index >= 15 is 0 Å². The average molecular weight is 243 g/mol. The highest BCUT2D eigenvalue weighted by Crippen LogP contribution is 2.22. The zero-order valence-corrected chi connectivity index (χ0v) is 10.4. The van der Waals surface area contributed by atoms with Crippen molar-refractivity contribution in [3.8, 4) is 6.07 Å². The summed E-state index contributed by atoms with van der Waals surface area (Å²) in [6.07, 6.45) is 7.42. The lowest BCUT2D eigenvalue weighted by Crippen LogP contribution is -2.41. The molecule has 0 aromatic carbocycles. The largest absolute Gasteiger partial charge is 0.338 e. The smallest absolute Gasteiger partial charge is 0.237 e. The number of hydrogen-bond acceptors (Lipinski definition) is 2. The number of carbonyl (C=O) groups excluding carboxylic acids is 1. The number of rotatable bonds is 4. The van der Waals surface area contributed by atoms with Crippen LogP contribution in [0.4, 0.5) is 0 Å². The second-order valence-corrected chi connectivity index (χ2v) is 4.54. The van der Waals surface area contributed by atoms with Gasteiger partial charge in [0.15, 0.2) is 0 Å². The van der Waals surface area contributed by atoms with Gasteiger partial charge in [0.25, 0.3) is 0 Å². The fourth-order valence-electron chi connectivity index (χ4n) is 2.33. The molecular formula is C12H19ClN2O. The van der Waals surface area contributed by atoms with Gasteiger partial charge in [0.05, 0.1) is 12.5 Å². The summed E-state index contributed by atoms with van der Waals surface area (Å²) in [6, 6.07) is 2.40. The van der Waals surface area contributed by atoms with E-state index in [-0.39, 0.29) is 11.8 Å². The highest BCUT2D eigenvalue weighted by molar-refractivity contribution is 6.27. The van der Waals surface area contributed by atoms with Crippen molar-refractivity contribution < 1.29 is 4.79 Å². The molecule has 0 atom stereocenters. The summed E-state index contributed by atoms with van der Waals surface area (Å²) >= 11 is 5.61. The normalized spacial score (nSPS) is 17.5. The van der Waals surface area contributed by atoms with Crippen LogP contribution in [-0.2, 0) is 4.79 Å². The van der Waals surface area contributed by atoms with E-state index in [1.807, 2.05) is 4.90 Å². The van der Waals surface area contributed by atoms with Crippen LogP contribution in [0.3, 0.4) is 0 Å². The number of hydrogen-bond donors (Lipinski definition) is 0. The standard InChI is InChI=1S/C12H19ClN2O/c13-10-12(16)15(9-5-8-14)11-6-3-1-2-4-7-11/h11H,1-7,9-10H2. The topological polar surface area (TPSA) is 44.1 Å². The monoisotopic (exact) mass is 242 g/mol. The van der Waals surface area contributed by atoms with Crippen LogP contribution in [0.2, 0.25) is 0 Å². The zero-order valence-electron chi connectivity index (χ0n) is 9.62. The maximum absolute atomic E-state index is 11.7. The Morgan fingerprint density at radius 2 is 1.94 bits per heavy atom.